The maximum absolute atomic E-state index is 4.47. The molecule has 0 saturated carbocycles. The smallest absolute Gasteiger partial charge is 0.225 e. The molecule has 2 aliphatic rings. The molecule has 1 aromatic heterocycles. The molecule has 3 heterocycles. The van der Waals surface area contributed by atoms with E-state index in [0.717, 1.165) is 44.6 Å². The second kappa shape index (κ2) is 13.1. The van der Waals surface area contributed by atoms with Crippen LogP contribution < -0.4 is 10.2 Å². The molecule has 0 amide bonds. The van der Waals surface area contributed by atoms with E-state index in [1.54, 1.807) is 12.4 Å². The number of rotatable bonds is 7. The molecule has 2 fully saturated rings. The maximum atomic E-state index is 4.47. The summed E-state index contributed by atoms with van der Waals surface area (Å²) in [7, 11) is 1.88. The molecule has 1 aromatic rings. The molecular weight excluding hydrogens is 465 g/mol. The van der Waals surface area contributed by atoms with Gasteiger partial charge in [-0.2, -0.15) is 0 Å². The second-order valence-corrected chi connectivity index (χ2v) is 7.46. The van der Waals surface area contributed by atoms with E-state index in [0.29, 0.717) is 0 Å². The van der Waals surface area contributed by atoms with Crippen LogP contribution in [0.4, 0.5) is 5.95 Å². The topological polar surface area (TPSA) is 59.9 Å². The number of aromatic nitrogens is 2. The lowest BCUT2D eigenvalue weighted by Crippen LogP contribution is -2.53. The third-order valence-electron chi connectivity index (χ3n) is 5.51. The first-order valence-corrected chi connectivity index (χ1v) is 10.6. The first kappa shape index (κ1) is 23.1. The van der Waals surface area contributed by atoms with E-state index in [2.05, 4.69) is 35.0 Å². The van der Waals surface area contributed by atoms with Crippen molar-refractivity contribution >= 4 is 35.9 Å². The molecule has 0 unspecified atom stereocenters. The zero-order valence-electron chi connectivity index (χ0n) is 17.2. The molecule has 3 rings (SSSR count). The minimum Gasteiger partial charge on any atom is -0.356 e. The molecule has 7 nitrogen and oxygen atoms in total. The average Bonchev–Trinajstić information content (AvgIpc) is 2.75. The van der Waals surface area contributed by atoms with Crippen molar-refractivity contribution in [2.75, 3.05) is 64.3 Å². The van der Waals surface area contributed by atoms with Crippen molar-refractivity contribution in [2.24, 2.45) is 4.99 Å². The molecule has 28 heavy (non-hydrogen) atoms. The number of nitrogens with zero attached hydrogens (tertiary/aromatic N) is 6. The van der Waals surface area contributed by atoms with Gasteiger partial charge in [0, 0.05) is 52.2 Å². The molecule has 1 N–H and O–H groups in total. The molecule has 0 bridgehead atoms. The zero-order chi connectivity index (χ0) is 18.7. The van der Waals surface area contributed by atoms with Gasteiger partial charge in [-0.25, -0.2) is 9.97 Å². The van der Waals surface area contributed by atoms with Crippen LogP contribution >= 0.6 is 24.0 Å². The summed E-state index contributed by atoms with van der Waals surface area (Å²) in [5, 5.41) is 3.54. The maximum Gasteiger partial charge on any atom is 0.225 e. The lowest BCUT2D eigenvalue weighted by atomic mass is 10.1. The second-order valence-electron chi connectivity index (χ2n) is 7.46. The number of halogens is 1. The fourth-order valence-electron chi connectivity index (χ4n) is 3.93. The van der Waals surface area contributed by atoms with E-state index in [1.807, 2.05) is 13.1 Å². The Balaban J connectivity index is 0.00000280. The Labute approximate surface area is 187 Å². The quantitative estimate of drug-likeness (QED) is 0.268. The van der Waals surface area contributed by atoms with Crippen LogP contribution in [0.1, 0.15) is 38.5 Å². The predicted molar refractivity (Wildman–Crippen MR) is 127 cm³/mol. The Morgan fingerprint density at radius 1 is 0.964 bits per heavy atom. The van der Waals surface area contributed by atoms with Crippen molar-refractivity contribution in [3.05, 3.63) is 18.5 Å². The van der Waals surface area contributed by atoms with Gasteiger partial charge in [0.1, 0.15) is 0 Å². The minimum absolute atomic E-state index is 0. The number of piperazine rings is 1. The summed E-state index contributed by atoms with van der Waals surface area (Å²) in [5.74, 6) is 1.86. The number of hydrogen-bond acceptors (Lipinski definition) is 5. The highest BCUT2D eigenvalue weighted by atomic mass is 127. The number of anilines is 1. The highest BCUT2D eigenvalue weighted by Gasteiger charge is 2.20. The highest BCUT2D eigenvalue weighted by molar-refractivity contribution is 14.0. The van der Waals surface area contributed by atoms with Gasteiger partial charge in [0.15, 0.2) is 5.96 Å². The Bertz CT molecular complexity index is 555. The normalized spacial score (nSPS) is 18.7. The summed E-state index contributed by atoms with van der Waals surface area (Å²) >= 11 is 0. The van der Waals surface area contributed by atoms with Gasteiger partial charge in [-0.1, -0.05) is 12.8 Å². The standard InChI is InChI=1S/C20H35N7.HI/c1-21-19(22-9-4-2-5-12-25-13-6-3-7-14-25)26-15-17-27(18-16-26)20-23-10-8-11-24-20;/h8,10-11H,2-7,9,12-18H2,1H3,(H,21,22);1H. The molecule has 8 heteroatoms. The molecule has 0 atom stereocenters. The molecule has 2 aliphatic heterocycles. The molecule has 0 spiro atoms. The number of unbranched alkanes of at least 4 members (excludes halogenated alkanes) is 2. The summed E-state index contributed by atoms with van der Waals surface area (Å²) in [4.78, 5) is 20.4. The number of likely N-dealkylation sites (tertiary alicyclic amines) is 1. The van der Waals surface area contributed by atoms with Crippen LogP contribution in [-0.2, 0) is 0 Å². The molecule has 2 saturated heterocycles. The van der Waals surface area contributed by atoms with Gasteiger partial charge >= 0.3 is 0 Å². The zero-order valence-corrected chi connectivity index (χ0v) is 19.6. The van der Waals surface area contributed by atoms with E-state index in [-0.39, 0.29) is 24.0 Å². The number of nitrogens with one attached hydrogen (secondary N) is 1. The van der Waals surface area contributed by atoms with E-state index in [9.17, 15) is 0 Å². The Kier molecular flexibility index (Phi) is 10.8. The number of aliphatic imine (C=N–C) groups is 1. The van der Waals surface area contributed by atoms with Crippen LogP contribution in [-0.4, -0.2) is 85.1 Å². The van der Waals surface area contributed by atoms with Gasteiger partial charge in [0.2, 0.25) is 5.95 Å². The fraction of sp³-hybridized carbons (Fsp3) is 0.750. The molecule has 158 valence electrons. The van der Waals surface area contributed by atoms with Crippen molar-refractivity contribution in [3.63, 3.8) is 0 Å². The highest BCUT2D eigenvalue weighted by Crippen LogP contribution is 2.11. The van der Waals surface area contributed by atoms with E-state index < -0.39 is 0 Å². The first-order chi connectivity index (χ1) is 13.4. The number of piperidine rings is 1. The number of guanidine groups is 1. The summed E-state index contributed by atoms with van der Waals surface area (Å²) < 4.78 is 0. The SMILES string of the molecule is CN=C(NCCCCCN1CCCCC1)N1CCN(c2ncccn2)CC1.I. The Morgan fingerprint density at radius 3 is 2.36 bits per heavy atom. The van der Waals surface area contributed by atoms with Crippen LogP contribution in [0.25, 0.3) is 0 Å². The summed E-state index contributed by atoms with van der Waals surface area (Å²) in [6, 6.07) is 1.86. The van der Waals surface area contributed by atoms with E-state index in [4.69, 9.17) is 0 Å². The summed E-state index contributed by atoms with van der Waals surface area (Å²) in [5.41, 5.74) is 0. The van der Waals surface area contributed by atoms with Gasteiger partial charge in [-0.3, -0.25) is 4.99 Å². The third kappa shape index (κ3) is 7.35. The largest absolute Gasteiger partial charge is 0.356 e. The van der Waals surface area contributed by atoms with Crippen LogP contribution in [0.5, 0.6) is 0 Å². The van der Waals surface area contributed by atoms with Gasteiger partial charge in [-0.15, -0.1) is 24.0 Å². The number of hydrogen-bond donors (Lipinski definition) is 1. The predicted octanol–water partition coefficient (Wildman–Crippen LogP) is 2.45. The van der Waals surface area contributed by atoms with Crippen molar-refractivity contribution < 1.29 is 0 Å². The summed E-state index contributed by atoms with van der Waals surface area (Å²) in [6.07, 6.45) is 11.6. The summed E-state index contributed by atoms with van der Waals surface area (Å²) in [6.45, 7) is 8.67. The van der Waals surface area contributed by atoms with E-state index >= 15 is 0 Å². The van der Waals surface area contributed by atoms with Gasteiger partial charge < -0.3 is 20.0 Å². The van der Waals surface area contributed by atoms with E-state index in [1.165, 1.54) is 58.2 Å². The van der Waals surface area contributed by atoms with Crippen molar-refractivity contribution in [2.45, 2.75) is 38.5 Å². The van der Waals surface area contributed by atoms with Gasteiger partial charge in [-0.05, 0) is 51.4 Å². The molecule has 0 aliphatic carbocycles. The lowest BCUT2D eigenvalue weighted by molar-refractivity contribution is 0.224. The minimum atomic E-state index is 0. The van der Waals surface area contributed by atoms with Gasteiger partial charge in [0.05, 0.1) is 0 Å². The molecular formula is C20H36IN7. The van der Waals surface area contributed by atoms with Crippen LogP contribution in [0.2, 0.25) is 0 Å². The monoisotopic (exact) mass is 501 g/mol. The first-order valence-electron chi connectivity index (χ1n) is 10.6. The fourth-order valence-corrected chi connectivity index (χ4v) is 3.93. The van der Waals surface area contributed by atoms with Crippen molar-refractivity contribution in [1.29, 1.82) is 0 Å². The van der Waals surface area contributed by atoms with Gasteiger partial charge in [0.25, 0.3) is 0 Å². The molecule has 0 aromatic carbocycles. The lowest BCUT2D eigenvalue weighted by Gasteiger charge is -2.36. The van der Waals surface area contributed by atoms with Crippen LogP contribution in [0, 0.1) is 0 Å². The third-order valence-corrected chi connectivity index (χ3v) is 5.51. The Hall–Kier alpha value is -1.16. The average molecular weight is 501 g/mol. The van der Waals surface area contributed by atoms with Crippen LogP contribution in [0.15, 0.2) is 23.5 Å². The van der Waals surface area contributed by atoms with Crippen molar-refractivity contribution in [3.8, 4) is 0 Å². The van der Waals surface area contributed by atoms with Crippen molar-refractivity contribution in [1.82, 2.24) is 25.1 Å². The molecule has 0 radical (unpaired) electrons. The van der Waals surface area contributed by atoms with Crippen LogP contribution in [0.3, 0.4) is 0 Å². The Morgan fingerprint density at radius 2 is 1.68 bits per heavy atom.